The van der Waals surface area contributed by atoms with Gasteiger partial charge >= 0.3 is 0 Å². The zero-order chi connectivity index (χ0) is 18.5. The van der Waals surface area contributed by atoms with Crippen molar-refractivity contribution in [3.05, 3.63) is 30.2 Å². The van der Waals surface area contributed by atoms with Crippen molar-refractivity contribution in [2.24, 2.45) is 5.92 Å². The Bertz CT molecular complexity index is 724. The number of hydrogen-bond donors (Lipinski definition) is 0. The summed E-state index contributed by atoms with van der Waals surface area (Å²) in [6.45, 7) is 3.87. The van der Waals surface area contributed by atoms with Crippen molar-refractivity contribution in [3.63, 3.8) is 0 Å². The number of aromatic nitrogens is 4. The lowest BCUT2D eigenvalue weighted by molar-refractivity contribution is -0.130. The molecule has 0 aromatic carbocycles. The van der Waals surface area contributed by atoms with Crippen LogP contribution < -0.4 is 0 Å². The van der Waals surface area contributed by atoms with Crippen molar-refractivity contribution in [1.82, 2.24) is 24.8 Å². The van der Waals surface area contributed by atoms with E-state index >= 15 is 0 Å². The molecule has 27 heavy (non-hydrogen) atoms. The van der Waals surface area contributed by atoms with E-state index in [0.29, 0.717) is 24.8 Å². The van der Waals surface area contributed by atoms with Gasteiger partial charge in [-0.15, -0.1) is 0 Å². The summed E-state index contributed by atoms with van der Waals surface area (Å²) in [5.74, 6) is 2.63. The third kappa shape index (κ3) is 4.74. The molecule has 0 saturated carbocycles. The Balaban J connectivity index is 1.19. The van der Waals surface area contributed by atoms with Crippen molar-refractivity contribution in [3.8, 4) is 0 Å². The molecule has 2 aliphatic rings. The highest BCUT2D eigenvalue weighted by Crippen LogP contribution is 2.26. The highest BCUT2D eigenvalue weighted by Gasteiger charge is 2.27. The molecule has 2 saturated heterocycles. The van der Waals surface area contributed by atoms with Crippen LogP contribution in [0, 0.1) is 5.92 Å². The molecule has 2 fully saturated rings. The maximum Gasteiger partial charge on any atom is 0.229 e. The molecule has 4 rings (SSSR count). The van der Waals surface area contributed by atoms with Gasteiger partial charge in [0.15, 0.2) is 5.82 Å². The second-order valence-electron chi connectivity index (χ2n) is 7.49. The van der Waals surface area contributed by atoms with Gasteiger partial charge in [-0.1, -0.05) is 5.16 Å². The van der Waals surface area contributed by atoms with E-state index in [-0.39, 0.29) is 5.91 Å². The van der Waals surface area contributed by atoms with Crippen LogP contribution in [-0.4, -0.2) is 57.0 Å². The van der Waals surface area contributed by atoms with E-state index in [1.807, 2.05) is 17.2 Å². The largest absolute Gasteiger partial charge is 0.381 e. The fourth-order valence-corrected chi connectivity index (χ4v) is 3.91. The minimum absolute atomic E-state index is 0.217. The molecule has 2 aromatic rings. The first kappa shape index (κ1) is 18.2. The Labute approximate surface area is 158 Å². The van der Waals surface area contributed by atoms with Gasteiger partial charge in [0.25, 0.3) is 0 Å². The van der Waals surface area contributed by atoms with Gasteiger partial charge in [0.1, 0.15) is 0 Å². The van der Waals surface area contributed by atoms with Crippen LogP contribution in [0.15, 0.2) is 23.0 Å². The van der Waals surface area contributed by atoms with Gasteiger partial charge in [-0.3, -0.25) is 9.48 Å². The van der Waals surface area contributed by atoms with Crippen molar-refractivity contribution >= 4 is 5.91 Å². The summed E-state index contributed by atoms with van der Waals surface area (Å²) >= 11 is 0. The molecule has 1 amide bonds. The quantitative estimate of drug-likeness (QED) is 0.738. The molecule has 1 unspecified atom stereocenters. The maximum absolute atomic E-state index is 12.4. The number of carbonyl (C=O) groups excluding carboxylic acids is 1. The summed E-state index contributed by atoms with van der Waals surface area (Å²) < 4.78 is 12.6. The van der Waals surface area contributed by atoms with Crippen LogP contribution in [0.3, 0.4) is 0 Å². The van der Waals surface area contributed by atoms with Crippen LogP contribution in [-0.2, 0) is 22.5 Å². The molecular weight excluding hydrogens is 346 g/mol. The standard InChI is InChI=1S/C19H27N5O3/c25-18(5-11-24-9-1-8-20-24)23-10-4-15(14-23)2-3-17-21-19(27-22-17)16-6-12-26-13-7-16/h1,8-9,15-16H,2-7,10-14H2. The summed E-state index contributed by atoms with van der Waals surface area (Å²) in [6, 6.07) is 1.88. The first-order chi connectivity index (χ1) is 13.3. The molecule has 146 valence electrons. The topological polar surface area (TPSA) is 86.3 Å². The Morgan fingerprint density at radius 2 is 2.15 bits per heavy atom. The molecule has 0 aliphatic carbocycles. The first-order valence-corrected chi connectivity index (χ1v) is 9.93. The third-order valence-corrected chi connectivity index (χ3v) is 5.58. The lowest BCUT2D eigenvalue weighted by atomic mass is 10.0. The van der Waals surface area contributed by atoms with E-state index < -0.39 is 0 Å². The van der Waals surface area contributed by atoms with Crippen LogP contribution in [0.1, 0.15) is 49.7 Å². The van der Waals surface area contributed by atoms with Crippen LogP contribution in [0.5, 0.6) is 0 Å². The van der Waals surface area contributed by atoms with Crippen molar-refractivity contribution in [2.45, 2.75) is 51.0 Å². The van der Waals surface area contributed by atoms with Crippen LogP contribution >= 0.6 is 0 Å². The minimum atomic E-state index is 0.217. The number of amides is 1. The number of carbonyl (C=O) groups is 1. The fourth-order valence-electron chi connectivity index (χ4n) is 3.91. The van der Waals surface area contributed by atoms with Gasteiger partial charge in [-0.05, 0) is 37.7 Å². The molecule has 8 nitrogen and oxygen atoms in total. The average molecular weight is 373 g/mol. The van der Waals surface area contributed by atoms with E-state index in [9.17, 15) is 4.79 Å². The van der Waals surface area contributed by atoms with Crippen molar-refractivity contribution in [2.75, 3.05) is 26.3 Å². The van der Waals surface area contributed by atoms with Gasteiger partial charge < -0.3 is 14.2 Å². The lowest BCUT2D eigenvalue weighted by Crippen LogP contribution is -2.29. The zero-order valence-corrected chi connectivity index (χ0v) is 15.6. The van der Waals surface area contributed by atoms with Gasteiger partial charge in [0.2, 0.25) is 11.8 Å². The molecular formula is C19H27N5O3. The third-order valence-electron chi connectivity index (χ3n) is 5.58. The molecule has 8 heteroatoms. The summed E-state index contributed by atoms with van der Waals surface area (Å²) in [6.07, 6.45) is 8.91. The molecule has 0 radical (unpaired) electrons. The maximum atomic E-state index is 12.4. The average Bonchev–Trinajstić information content (AvgIpc) is 3.47. The highest BCUT2D eigenvalue weighted by atomic mass is 16.5. The second-order valence-corrected chi connectivity index (χ2v) is 7.49. The molecule has 0 spiro atoms. The second kappa shape index (κ2) is 8.65. The van der Waals surface area contributed by atoms with E-state index in [1.165, 1.54) is 0 Å². The number of hydrogen-bond acceptors (Lipinski definition) is 6. The molecule has 0 N–H and O–H groups in total. The molecule has 1 atom stereocenters. The monoisotopic (exact) mass is 373 g/mol. The number of nitrogens with zero attached hydrogens (tertiary/aromatic N) is 5. The molecule has 4 heterocycles. The predicted molar refractivity (Wildman–Crippen MR) is 96.9 cm³/mol. The fraction of sp³-hybridized carbons (Fsp3) is 0.684. The molecule has 0 bridgehead atoms. The Morgan fingerprint density at radius 1 is 1.26 bits per heavy atom. The van der Waals surface area contributed by atoms with Gasteiger partial charge in [-0.25, -0.2) is 0 Å². The molecule has 2 aliphatic heterocycles. The summed E-state index contributed by atoms with van der Waals surface area (Å²) in [4.78, 5) is 18.9. The number of rotatable bonds is 7. The number of ether oxygens (including phenoxy) is 1. The smallest absolute Gasteiger partial charge is 0.229 e. The first-order valence-electron chi connectivity index (χ1n) is 9.93. The Morgan fingerprint density at radius 3 is 2.96 bits per heavy atom. The summed E-state index contributed by atoms with van der Waals surface area (Å²) in [5, 5.41) is 8.29. The lowest BCUT2D eigenvalue weighted by Gasteiger charge is -2.18. The van der Waals surface area contributed by atoms with Gasteiger partial charge in [0.05, 0.1) is 0 Å². The minimum Gasteiger partial charge on any atom is -0.381 e. The van der Waals surface area contributed by atoms with E-state index in [0.717, 1.165) is 70.1 Å². The Kier molecular flexibility index (Phi) is 5.81. The number of likely N-dealkylation sites (tertiary alicyclic amines) is 1. The van der Waals surface area contributed by atoms with Crippen LogP contribution in [0.25, 0.3) is 0 Å². The van der Waals surface area contributed by atoms with E-state index in [2.05, 4.69) is 15.2 Å². The summed E-state index contributed by atoms with van der Waals surface area (Å²) in [5.41, 5.74) is 0. The van der Waals surface area contributed by atoms with Gasteiger partial charge in [-0.2, -0.15) is 10.1 Å². The van der Waals surface area contributed by atoms with E-state index in [1.54, 1.807) is 10.9 Å². The SMILES string of the molecule is O=C(CCn1cccn1)N1CCC(CCc2noc(C3CCOCC3)n2)C1. The predicted octanol–water partition coefficient (Wildman–Crippen LogP) is 2.03. The Hall–Kier alpha value is -2.22. The van der Waals surface area contributed by atoms with Crippen LogP contribution in [0.2, 0.25) is 0 Å². The van der Waals surface area contributed by atoms with E-state index in [4.69, 9.17) is 9.26 Å². The highest BCUT2D eigenvalue weighted by molar-refractivity contribution is 5.76. The molecule has 2 aromatic heterocycles. The van der Waals surface area contributed by atoms with Gasteiger partial charge in [0, 0.05) is 64.0 Å². The zero-order valence-electron chi connectivity index (χ0n) is 15.6. The van der Waals surface area contributed by atoms with Crippen LogP contribution in [0.4, 0.5) is 0 Å². The van der Waals surface area contributed by atoms with Crippen molar-refractivity contribution < 1.29 is 14.1 Å². The normalized spacial score (nSPS) is 21.0. The number of aryl methyl sites for hydroxylation is 2. The van der Waals surface area contributed by atoms with Crippen molar-refractivity contribution in [1.29, 1.82) is 0 Å². The summed E-state index contributed by atoms with van der Waals surface area (Å²) in [7, 11) is 0.